The molecule has 0 aromatic heterocycles. The van der Waals surface area contributed by atoms with Gasteiger partial charge < -0.3 is 10.1 Å². The van der Waals surface area contributed by atoms with Crippen molar-refractivity contribution in [3.63, 3.8) is 0 Å². The Kier molecular flexibility index (Phi) is 5.37. The van der Waals surface area contributed by atoms with Gasteiger partial charge >= 0.3 is 0 Å². The normalized spacial score (nSPS) is 10.7. The highest BCUT2D eigenvalue weighted by Crippen LogP contribution is 2.27. The minimum atomic E-state index is -0.456. The third-order valence-electron chi connectivity index (χ3n) is 3.55. The lowest BCUT2D eigenvalue weighted by atomic mass is 10.0. The van der Waals surface area contributed by atoms with Crippen LogP contribution in [-0.4, -0.2) is 12.5 Å². The van der Waals surface area contributed by atoms with Crippen molar-refractivity contribution in [2.75, 3.05) is 11.9 Å². The molecule has 23 heavy (non-hydrogen) atoms. The fourth-order valence-electron chi connectivity index (χ4n) is 2.31. The van der Waals surface area contributed by atoms with Crippen LogP contribution in [0.15, 0.2) is 36.4 Å². The lowest BCUT2D eigenvalue weighted by Gasteiger charge is -2.15. The number of aryl methyl sites for hydroxylation is 2. The number of anilines is 1. The molecule has 0 aliphatic carbocycles. The lowest BCUT2D eigenvalue weighted by molar-refractivity contribution is -0.118. The van der Waals surface area contributed by atoms with Gasteiger partial charge in [-0.25, -0.2) is 4.39 Å². The van der Waals surface area contributed by atoms with E-state index in [0.29, 0.717) is 11.7 Å². The molecule has 2 aromatic rings. The molecule has 0 bridgehead atoms. The highest BCUT2D eigenvalue weighted by atomic mass is 19.1. The number of carbonyl (C=O) groups is 1. The van der Waals surface area contributed by atoms with Gasteiger partial charge in [-0.1, -0.05) is 32.0 Å². The maximum Gasteiger partial charge on any atom is 0.262 e. The van der Waals surface area contributed by atoms with Crippen LogP contribution in [0, 0.1) is 19.7 Å². The average Bonchev–Trinajstić information content (AvgIpc) is 2.48. The SMILES string of the molecule is Cc1ccc(F)c(NC(=O)COc2cc(C)ccc2C(C)C)c1. The van der Waals surface area contributed by atoms with Gasteiger partial charge in [0.15, 0.2) is 6.61 Å². The molecule has 0 aliphatic heterocycles. The Hall–Kier alpha value is -2.36. The molecule has 3 nitrogen and oxygen atoms in total. The number of rotatable bonds is 5. The van der Waals surface area contributed by atoms with E-state index >= 15 is 0 Å². The zero-order chi connectivity index (χ0) is 17.0. The van der Waals surface area contributed by atoms with Crippen molar-refractivity contribution < 1.29 is 13.9 Å². The zero-order valence-corrected chi connectivity index (χ0v) is 13.9. The standard InChI is InChI=1S/C19H22FNO2/c1-12(2)15-7-5-14(4)10-18(15)23-11-19(22)21-17-9-13(3)6-8-16(17)20/h5-10,12H,11H2,1-4H3,(H,21,22). The third kappa shape index (κ3) is 4.55. The van der Waals surface area contributed by atoms with Crippen LogP contribution in [0.3, 0.4) is 0 Å². The fourth-order valence-corrected chi connectivity index (χ4v) is 2.31. The van der Waals surface area contributed by atoms with Crippen molar-refractivity contribution in [1.82, 2.24) is 0 Å². The Morgan fingerprint density at radius 1 is 1.13 bits per heavy atom. The molecule has 1 N–H and O–H groups in total. The lowest BCUT2D eigenvalue weighted by Crippen LogP contribution is -2.21. The van der Waals surface area contributed by atoms with Crippen LogP contribution in [0.1, 0.15) is 36.5 Å². The van der Waals surface area contributed by atoms with Crippen molar-refractivity contribution in [1.29, 1.82) is 0 Å². The number of ether oxygens (including phenoxy) is 1. The second kappa shape index (κ2) is 7.27. The summed E-state index contributed by atoms with van der Waals surface area (Å²) in [5.41, 5.74) is 3.16. The number of nitrogens with one attached hydrogen (secondary N) is 1. The number of halogens is 1. The summed E-state index contributed by atoms with van der Waals surface area (Å²) in [6, 6.07) is 10.5. The molecule has 0 atom stereocenters. The summed E-state index contributed by atoms with van der Waals surface area (Å²) in [6.45, 7) is 7.79. The molecule has 0 aliphatic rings. The second-order valence-electron chi connectivity index (χ2n) is 6.02. The molecule has 0 saturated heterocycles. The molecule has 4 heteroatoms. The fraction of sp³-hybridized carbons (Fsp3) is 0.316. The third-order valence-corrected chi connectivity index (χ3v) is 3.55. The van der Waals surface area contributed by atoms with Crippen LogP contribution in [0.2, 0.25) is 0 Å². The molecule has 0 spiro atoms. The first-order valence-corrected chi connectivity index (χ1v) is 7.66. The van der Waals surface area contributed by atoms with E-state index < -0.39 is 5.82 Å². The summed E-state index contributed by atoms with van der Waals surface area (Å²) in [5.74, 6) is 0.149. The maximum atomic E-state index is 13.7. The summed E-state index contributed by atoms with van der Waals surface area (Å²) < 4.78 is 19.3. The molecule has 1 amide bonds. The van der Waals surface area contributed by atoms with Crippen LogP contribution in [0.4, 0.5) is 10.1 Å². The van der Waals surface area contributed by atoms with Gasteiger partial charge in [0.05, 0.1) is 5.69 Å². The van der Waals surface area contributed by atoms with Gasteiger partial charge in [0.1, 0.15) is 11.6 Å². The first-order chi connectivity index (χ1) is 10.9. The van der Waals surface area contributed by atoms with E-state index in [2.05, 4.69) is 19.2 Å². The van der Waals surface area contributed by atoms with Gasteiger partial charge in [-0.2, -0.15) is 0 Å². The molecule has 2 aromatic carbocycles. The Morgan fingerprint density at radius 2 is 1.78 bits per heavy atom. The van der Waals surface area contributed by atoms with Crippen molar-refractivity contribution >= 4 is 11.6 Å². The molecule has 2 rings (SSSR count). The number of benzene rings is 2. The van der Waals surface area contributed by atoms with E-state index in [9.17, 15) is 9.18 Å². The van der Waals surface area contributed by atoms with Gasteiger partial charge in [0.25, 0.3) is 5.91 Å². The molecule has 0 saturated carbocycles. The van der Waals surface area contributed by atoms with E-state index in [-0.39, 0.29) is 18.2 Å². The van der Waals surface area contributed by atoms with Crippen LogP contribution in [0.5, 0.6) is 5.75 Å². The number of hydrogen-bond acceptors (Lipinski definition) is 2. The molecule has 122 valence electrons. The zero-order valence-electron chi connectivity index (χ0n) is 13.9. The van der Waals surface area contributed by atoms with Crippen molar-refractivity contribution in [2.24, 2.45) is 0 Å². The largest absolute Gasteiger partial charge is 0.483 e. The van der Waals surface area contributed by atoms with Crippen LogP contribution in [-0.2, 0) is 4.79 Å². The maximum absolute atomic E-state index is 13.7. The predicted molar refractivity (Wildman–Crippen MR) is 90.5 cm³/mol. The average molecular weight is 315 g/mol. The van der Waals surface area contributed by atoms with Crippen molar-refractivity contribution in [3.05, 3.63) is 58.9 Å². The Labute approximate surface area is 136 Å². The minimum absolute atomic E-state index is 0.156. The van der Waals surface area contributed by atoms with Gasteiger partial charge in [0, 0.05) is 0 Å². The van der Waals surface area contributed by atoms with Crippen LogP contribution in [0.25, 0.3) is 0 Å². The minimum Gasteiger partial charge on any atom is -0.483 e. The summed E-state index contributed by atoms with van der Waals surface area (Å²) in [6.07, 6.45) is 0. The van der Waals surface area contributed by atoms with Crippen LogP contribution >= 0.6 is 0 Å². The van der Waals surface area contributed by atoms with E-state index in [1.54, 1.807) is 12.1 Å². The predicted octanol–water partition coefficient (Wildman–Crippen LogP) is 4.58. The van der Waals surface area contributed by atoms with E-state index in [1.807, 2.05) is 32.0 Å². The topological polar surface area (TPSA) is 38.3 Å². The van der Waals surface area contributed by atoms with Gasteiger partial charge in [-0.15, -0.1) is 0 Å². The van der Waals surface area contributed by atoms with Gasteiger partial charge in [0.2, 0.25) is 0 Å². The summed E-state index contributed by atoms with van der Waals surface area (Å²) in [4.78, 5) is 12.0. The second-order valence-corrected chi connectivity index (χ2v) is 6.02. The van der Waals surface area contributed by atoms with Crippen molar-refractivity contribution in [2.45, 2.75) is 33.6 Å². The van der Waals surface area contributed by atoms with Gasteiger partial charge in [-0.3, -0.25) is 4.79 Å². The highest BCUT2D eigenvalue weighted by Gasteiger charge is 2.12. The highest BCUT2D eigenvalue weighted by molar-refractivity contribution is 5.92. The Balaban J connectivity index is 2.05. The smallest absolute Gasteiger partial charge is 0.262 e. The molecule has 0 radical (unpaired) electrons. The molecule has 0 fully saturated rings. The van der Waals surface area contributed by atoms with E-state index in [0.717, 1.165) is 16.7 Å². The number of amides is 1. The first-order valence-electron chi connectivity index (χ1n) is 7.66. The summed E-state index contributed by atoms with van der Waals surface area (Å²) in [7, 11) is 0. The Bertz CT molecular complexity index is 711. The quantitative estimate of drug-likeness (QED) is 0.877. The number of carbonyl (C=O) groups excluding carboxylic acids is 1. The molecule has 0 heterocycles. The monoisotopic (exact) mass is 315 g/mol. The molecule has 0 unspecified atom stereocenters. The summed E-state index contributed by atoms with van der Waals surface area (Å²) >= 11 is 0. The van der Waals surface area contributed by atoms with Crippen molar-refractivity contribution in [3.8, 4) is 5.75 Å². The van der Waals surface area contributed by atoms with Crippen LogP contribution < -0.4 is 10.1 Å². The van der Waals surface area contributed by atoms with E-state index in [4.69, 9.17) is 4.74 Å². The first kappa shape index (κ1) is 17.0. The summed E-state index contributed by atoms with van der Waals surface area (Å²) in [5, 5.41) is 2.55. The number of hydrogen-bond donors (Lipinski definition) is 1. The van der Waals surface area contributed by atoms with Gasteiger partial charge in [-0.05, 0) is 54.7 Å². The molecular weight excluding hydrogens is 293 g/mol. The Morgan fingerprint density at radius 3 is 2.48 bits per heavy atom. The van der Waals surface area contributed by atoms with E-state index in [1.165, 1.54) is 6.07 Å². The molecular formula is C19H22FNO2.